The Morgan fingerprint density at radius 1 is 1.24 bits per heavy atom. The Morgan fingerprint density at radius 3 is 2.47 bits per heavy atom. The third-order valence-corrected chi connectivity index (χ3v) is 3.35. The lowest BCUT2D eigenvalue weighted by Gasteiger charge is -2.25. The van der Waals surface area contributed by atoms with Gasteiger partial charge in [0.1, 0.15) is 0 Å². The smallest absolute Gasteiger partial charge is 0.0662 e. The Labute approximate surface area is 104 Å². The average molecular weight is 234 g/mol. The van der Waals surface area contributed by atoms with Crippen molar-refractivity contribution < 1.29 is 4.74 Å². The van der Waals surface area contributed by atoms with Gasteiger partial charge >= 0.3 is 0 Å². The summed E-state index contributed by atoms with van der Waals surface area (Å²) in [7, 11) is 0. The highest BCUT2D eigenvalue weighted by Gasteiger charge is 2.14. The van der Waals surface area contributed by atoms with Crippen LogP contribution in [0, 0.1) is 0 Å². The van der Waals surface area contributed by atoms with E-state index in [9.17, 15) is 0 Å². The molecule has 3 heteroatoms. The molecule has 17 heavy (non-hydrogen) atoms. The number of nitrogens with zero attached hydrogens (tertiary/aromatic N) is 1. The number of morpholine rings is 1. The van der Waals surface area contributed by atoms with Crippen LogP contribution in [-0.2, 0) is 4.74 Å². The summed E-state index contributed by atoms with van der Waals surface area (Å²) >= 11 is 0. The number of nitrogens with one attached hydrogen (secondary N) is 1. The molecule has 0 bridgehead atoms. The molecule has 0 radical (unpaired) electrons. The number of hydrogen-bond donors (Lipinski definition) is 1. The van der Waals surface area contributed by atoms with Crippen molar-refractivity contribution in [1.29, 1.82) is 0 Å². The van der Waals surface area contributed by atoms with E-state index < -0.39 is 0 Å². The third kappa shape index (κ3) is 2.99. The highest BCUT2D eigenvalue weighted by Crippen LogP contribution is 2.20. The Balaban J connectivity index is 2.06. The minimum Gasteiger partial charge on any atom is -0.378 e. The van der Waals surface area contributed by atoms with Gasteiger partial charge in [-0.05, 0) is 31.5 Å². The van der Waals surface area contributed by atoms with Gasteiger partial charge in [0.2, 0.25) is 0 Å². The van der Waals surface area contributed by atoms with Gasteiger partial charge in [-0.3, -0.25) is 0 Å². The van der Waals surface area contributed by atoms with E-state index in [2.05, 4.69) is 48.3 Å². The Bertz CT molecular complexity index is 327. The summed E-state index contributed by atoms with van der Waals surface area (Å²) in [6, 6.07) is 9.19. The molecule has 0 spiro atoms. The lowest BCUT2D eigenvalue weighted by Crippen LogP contribution is -2.34. The summed E-state index contributed by atoms with van der Waals surface area (Å²) in [5.74, 6) is 0. The van der Waals surface area contributed by atoms with Crippen LogP contribution in [-0.4, -0.2) is 32.8 Å². The second-order valence-electron chi connectivity index (χ2n) is 4.35. The Hall–Kier alpha value is -1.06. The van der Waals surface area contributed by atoms with Crippen molar-refractivity contribution in [2.45, 2.75) is 19.9 Å². The zero-order chi connectivity index (χ0) is 12.1. The summed E-state index contributed by atoms with van der Waals surface area (Å²) in [4.78, 5) is 2.36. The number of anilines is 1. The van der Waals surface area contributed by atoms with Crippen molar-refractivity contribution in [2.24, 2.45) is 0 Å². The number of benzene rings is 1. The number of rotatable bonds is 4. The van der Waals surface area contributed by atoms with Crippen LogP contribution in [0.5, 0.6) is 0 Å². The van der Waals surface area contributed by atoms with Crippen LogP contribution in [0.3, 0.4) is 0 Å². The molecule has 0 amide bonds. The molecule has 1 aliphatic heterocycles. The molecule has 1 atom stereocenters. The first-order valence-corrected chi connectivity index (χ1v) is 6.51. The molecule has 0 unspecified atom stereocenters. The van der Waals surface area contributed by atoms with E-state index in [0.29, 0.717) is 6.04 Å². The Morgan fingerprint density at radius 2 is 1.94 bits per heavy atom. The van der Waals surface area contributed by atoms with Crippen LogP contribution in [0.25, 0.3) is 0 Å². The molecule has 0 saturated carbocycles. The maximum atomic E-state index is 5.48. The highest BCUT2D eigenvalue weighted by atomic mass is 16.5. The topological polar surface area (TPSA) is 24.5 Å². The second kappa shape index (κ2) is 6.03. The predicted octanol–water partition coefficient (Wildman–Crippen LogP) is 2.19. The van der Waals surface area contributed by atoms with Crippen molar-refractivity contribution in [3.8, 4) is 0 Å². The van der Waals surface area contributed by atoms with E-state index in [-0.39, 0.29) is 0 Å². The maximum Gasteiger partial charge on any atom is 0.0662 e. The SMILES string of the molecule is CCN(CC)c1ccc([C@@H]2COCCN2)cc1. The van der Waals surface area contributed by atoms with Crippen LogP contribution in [0.15, 0.2) is 24.3 Å². The third-order valence-electron chi connectivity index (χ3n) is 3.35. The van der Waals surface area contributed by atoms with Crippen molar-refractivity contribution in [3.63, 3.8) is 0 Å². The fraction of sp³-hybridized carbons (Fsp3) is 0.571. The molecule has 0 aliphatic carbocycles. The molecular weight excluding hydrogens is 212 g/mol. The zero-order valence-corrected chi connectivity index (χ0v) is 10.8. The van der Waals surface area contributed by atoms with Crippen molar-refractivity contribution in [1.82, 2.24) is 5.32 Å². The summed E-state index contributed by atoms with van der Waals surface area (Å²) in [6.45, 7) is 9.05. The van der Waals surface area contributed by atoms with Crippen LogP contribution >= 0.6 is 0 Å². The molecule has 1 saturated heterocycles. The molecule has 1 aromatic carbocycles. The largest absolute Gasteiger partial charge is 0.378 e. The van der Waals surface area contributed by atoms with Gasteiger partial charge in [-0.2, -0.15) is 0 Å². The molecule has 1 aromatic rings. The van der Waals surface area contributed by atoms with Crippen molar-refractivity contribution >= 4 is 5.69 Å². The number of hydrogen-bond acceptors (Lipinski definition) is 3. The normalized spacial score (nSPS) is 20.2. The fourth-order valence-electron chi connectivity index (χ4n) is 2.29. The van der Waals surface area contributed by atoms with E-state index in [4.69, 9.17) is 4.74 Å². The van der Waals surface area contributed by atoms with Crippen LogP contribution in [0.2, 0.25) is 0 Å². The summed E-state index contributed by atoms with van der Waals surface area (Å²) in [5.41, 5.74) is 2.62. The van der Waals surface area contributed by atoms with Crippen molar-refractivity contribution in [3.05, 3.63) is 29.8 Å². The zero-order valence-electron chi connectivity index (χ0n) is 10.8. The van der Waals surface area contributed by atoms with Gasteiger partial charge in [0.25, 0.3) is 0 Å². The number of ether oxygens (including phenoxy) is 1. The second-order valence-corrected chi connectivity index (χ2v) is 4.35. The first kappa shape index (κ1) is 12.4. The molecule has 2 rings (SSSR count). The average Bonchev–Trinajstić information content (AvgIpc) is 2.42. The highest BCUT2D eigenvalue weighted by molar-refractivity contribution is 5.47. The molecular formula is C14H22N2O. The molecule has 1 fully saturated rings. The van der Waals surface area contributed by atoms with Crippen LogP contribution in [0.1, 0.15) is 25.5 Å². The molecule has 0 aromatic heterocycles. The first-order chi connectivity index (χ1) is 8.35. The van der Waals surface area contributed by atoms with E-state index >= 15 is 0 Å². The predicted molar refractivity (Wildman–Crippen MR) is 71.6 cm³/mol. The maximum absolute atomic E-state index is 5.48. The van der Waals surface area contributed by atoms with Gasteiger partial charge in [0, 0.05) is 25.3 Å². The van der Waals surface area contributed by atoms with Gasteiger partial charge in [0.05, 0.1) is 19.3 Å². The van der Waals surface area contributed by atoms with Crippen LogP contribution < -0.4 is 10.2 Å². The van der Waals surface area contributed by atoms with E-state index in [1.165, 1.54) is 11.3 Å². The van der Waals surface area contributed by atoms with Gasteiger partial charge < -0.3 is 15.0 Å². The molecule has 1 aliphatic rings. The van der Waals surface area contributed by atoms with E-state index in [1.807, 2.05) is 0 Å². The van der Waals surface area contributed by atoms with Crippen molar-refractivity contribution in [2.75, 3.05) is 37.7 Å². The molecule has 94 valence electrons. The van der Waals surface area contributed by atoms with Gasteiger partial charge in [-0.15, -0.1) is 0 Å². The summed E-state index contributed by atoms with van der Waals surface area (Å²) in [6.07, 6.45) is 0. The monoisotopic (exact) mass is 234 g/mol. The summed E-state index contributed by atoms with van der Waals surface area (Å²) < 4.78 is 5.48. The molecule has 3 nitrogen and oxygen atoms in total. The minimum atomic E-state index is 0.356. The van der Waals surface area contributed by atoms with Gasteiger partial charge in [-0.1, -0.05) is 12.1 Å². The lowest BCUT2D eigenvalue weighted by atomic mass is 10.1. The Kier molecular flexibility index (Phi) is 4.40. The standard InChI is InChI=1S/C14H22N2O/c1-3-16(4-2)13-7-5-12(6-8-13)14-11-17-10-9-15-14/h5-8,14-15H,3-4,9-11H2,1-2H3/t14-/m0/s1. The van der Waals surface area contributed by atoms with E-state index in [0.717, 1.165) is 32.8 Å². The molecule has 1 N–H and O–H groups in total. The fourth-order valence-corrected chi connectivity index (χ4v) is 2.29. The first-order valence-electron chi connectivity index (χ1n) is 6.51. The minimum absolute atomic E-state index is 0.356. The lowest BCUT2D eigenvalue weighted by molar-refractivity contribution is 0.0769. The quantitative estimate of drug-likeness (QED) is 0.864. The van der Waals surface area contributed by atoms with Gasteiger partial charge in [-0.25, -0.2) is 0 Å². The van der Waals surface area contributed by atoms with Crippen LogP contribution in [0.4, 0.5) is 5.69 Å². The van der Waals surface area contributed by atoms with E-state index in [1.54, 1.807) is 0 Å². The van der Waals surface area contributed by atoms with Gasteiger partial charge in [0.15, 0.2) is 0 Å². The molecule has 1 heterocycles. The summed E-state index contributed by atoms with van der Waals surface area (Å²) in [5, 5.41) is 3.47.